The van der Waals surface area contributed by atoms with Gasteiger partial charge in [-0.25, -0.2) is 9.97 Å². The fourth-order valence-electron chi connectivity index (χ4n) is 2.17. The van der Waals surface area contributed by atoms with Crippen molar-refractivity contribution in [2.24, 2.45) is 0 Å². The van der Waals surface area contributed by atoms with Gasteiger partial charge in [-0.3, -0.25) is 0 Å². The number of hydrogen-bond acceptors (Lipinski definition) is 3. The smallest absolute Gasteiger partial charge is 0.135 e. The van der Waals surface area contributed by atoms with E-state index in [4.69, 9.17) is 23.2 Å². The van der Waals surface area contributed by atoms with Gasteiger partial charge in [0.1, 0.15) is 11.6 Å². The van der Waals surface area contributed by atoms with Gasteiger partial charge in [0.05, 0.1) is 0 Å². The van der Waals surface area contributed by atoms with Crippen molar-refractivity contribution in [3.8, 4) is 0 Å². The molecule has 5 heteroatoms. The third-order valence-electron chi connectivity index (χ3n) is 3.44. The summed E-state index contributed by atoms with van der Waals surface area (Å²) in [4.78, 5) is 9.15. The molecule has 1 heterocycles. The van der Waals surface area contributed by atoms with Gasteiger partial charge in [0.2, 0.25) is 0 Å². The number of nitrogens with zero attached hydrogens (tertiary/aromatic N) is 2. The molecule has 1 aliphatic rings. The lowest BCUT2D eigenvalue weighted by Gasteiger charge is -2.09. The third-order valence-corrected chi connectivity index (χ3v) is 4.15. The van der Waals surface area contributed by atoms with Crippen LogP contribution in [-0.2, 0) is 6.42 Å². The van der Waals surface area contributed by atoms with Crippen LogP contribution in [0.25, 0.3) is 0 Å². The fourth-order valence-corrected chi connectivity index (χ4v) is 2.70. The Balaban J connectivity index is 1.95. The minimum atomic E-state index is 0.549. The Morgan fingerprint density at radius 3 is 2.50 bits per heavy atom. The minimum Gasteiger partial charge on any atom is -0.373 e. The van der Waals surface area contributed by atoms with E-state index in [1.54, 1.807) is 0 Å². The average molecular weight is 308 g/mol. The zero-order valence-electron chi connectivity index (χ0n) is 11.2. The Labute approximate surface area is 128 Å². The molecule has 2 aromatic rings. The lowest BCUT2D eigenvalue weighted by atomic mass is 10.1. The Bertz CT molecular complexity index is 619. The molecule has 1 aromatic heterocycles. The van der Waals surface area contributed by atoms with Gasteiger partial charge in [-0.05, 0) is 30.5 Å². The van der Waals surface area contributed by atoms with Crippen molar-refractivity contribution in [2.75, 3.05) is 12.4 Å². The maximum atomic E-state index is 6.21. The number of nitrogens with one attached hydrogen (secondary N) is 1. The molecule has 1 aliphatic carbocycles. The lowest BCUT2D eigenvalue weighted by molar-refractivity contribution is 0.901. The molecule has 104 valence electrons. The summed E-state index contributed by atoms with van der Waals surface area (Å²) in [5.74, 6) is 2.19. The number of aromatic nitrogens is 2. The van der Waals surface area contributed by atoms with Gasteiger partial charge in [0, 0.05) is 41.2 Å². The monoisotopic (exact) mass is 307 g/mol. The number of halogens is 2. The first-order valence-electron chi connectivity index (χ1n) is 6.66. The second-order valence-electron chi connectivity index (χ2n) is 5.00. The molecule has 0 amide bonds. The van der Waals surface area contributed by atoms with Crippen LogP contribution in [0.3, 0.4) is 0 Å². The van der Waals surface area contributed by atoms with Gasteiger partial charge in [-0.15, -0.1) is 0 Å². The van der Waals surface area contributed by atoms with Gasteiger partial charge < -0.3 is 5.32 Å². The molecule has 0 bridgehead atoms. The van der Waals surface area contributed by atoms with Crippen LogP contribution in [0.5, 0.6) is 0 Å². The first kappa shape index (κ1) is 13.7. The lowest BCUT2D eigenvalue weighted by Crippen LogP contribution is -2.04. The summed E-state index contributed by atoms with van der Waals surface area (Å²) in [5, 5.41) is 4.40. The molecular weight excluding hydrogens is 293 g/mol. The topological polar surface area (TPSA) is 37.8 Å². The Kier molecular flexibility index (Phi) is 3.81. The zero-order chi connectivity index (χ0) is 14.1. The summed E-state index contributed by atoms with van der Waals surface area (Å²) in [6.07, 6.45) is 2.98. The molecule has 1 fully saturated rings. The second-order valence-corrected chi connectivity index (χ2v) is 5.81. The highest BCUT2D eigenvalue weighted by Gasteiger charge is 2.26. The van der Waals surface area contributed by atoms with Crippen LogP contribution in [0, 0.1) is 0 Å². The molecule has 0 saturated heterocycles. The van der Waals surface area contributed by atoms with Gasteiger partial charge in [-0.1, -0.05) is 29.3 Å². The molecule has 1 N–H and O–H groups in total. The summed E-state index contributed by atoms with van der Waals surface area (Å²) in [6, 6.07) is 7.54. The van der Waals surface area contributed by atoms with Gasteiger partial charge in [0.25, 0.3) is 0 Å². The standard InChI is InChI=1S/C15H15Cl2N3/c1-18-14-8-13(9-5-6-9)19-15(20-14)7-10-11(16)3-2-4-12(10)17/h2-4,8-9H,5-7H2,1H3,(H,18,19,20). The Morgan fingerprint density at radius 1 is 1.20 bits per heavy atom. The van der Waals surface area contributed by atoms with Crippen LogP contribution in [0.2, 0.25) is 10.0 Å². The molecule has 3 rings (SSSR count). The maximum Gasteiger partial charge on any atom is 0.135 e. The van der Waals surface area contributed by atoms with Crippen LogP contribution in [-0.4, -0.2) is 17.0 Å². The fraction of sp³-hybridized carbons (Fsp3) is 0.333. The van der Waals surface area contributed by atoms with Crippen LogP contribution in [0.15, 0.2) is 24.3 Å². The van der Waals surface area contributed by atoms with Crippen LogP contribution in [0.1, 0.15) is 35.8 Å². The van der Waals surface area contributed by atoms with E-state index in [2.05, 4.69) is 15.3 Å². The molecule has 3 nitrogen and oxygen atoms in total. The molecule has 0 aliphatic heterocycles. The van der Waals surface area contributed by atoms with Crippen LogP contribution >= 0.6 is 23.2 Å². The maximum absolute atomic E-state index is 6.21. The Morgan fingerprint density at radius 2 is 1.90 bits per heavy atom. The number of hydrogen-bond donors (Lipinski definition) is 1. The molecule has 0 unspecified atom stereocenters. The summed E-state index contributed by atoms with van der Waals surface area (Å²) in [6.45, 7) is 0. The van der Waals surface area contributed by atoms with Gasteiger partial charge >= 0.3 is 0 Å². The van der Waals surface area contributed by atoms with E-state index < -0.39 is 0 Å². The highest BCUT2D eigenvalue weighted by molar-refractivity contribution is 6.36. The largest absolute Gasteiger partial charge is 0.373 e. The van der Waals surface area contributed by atoms with Gasteiger partial charge in [-0.2, -0.15) is 0 Å². The average Bonchev–Trinajstić information content (AvgIpc) is 3.27. The molecule has 0 spiro atoms. The van der Waals surface area contributed by atoms with Crippen LogP contribution < -0.4 is 5.32 Å². The number of benzene rings is 1. The first-order chi connectivity index (χ1) is 9.67. The molecule has 1 aromatic carbocycles. The summed E-state index contributed by atoms with van der Waals surface area (Å²) in [7, 11) is 1.87. The van der Waals surface area contributed by atoms with Crippen molar-refractivity contribution in [1.29, 1.82) is 0 Å². The quantitative estimate of drug-likeness (QED) is 0.915. The zero-order valence-corrected chi connectivity index (χ0v) is 12.7. The van der Waals surface area contributed by atoms with Crippen LogP contribution in [0.4, 0.5) is 5.82 Å². The van der Waals surface area contributed by atoms with E-state index in [9.17, 15) is 0 Å². The summed E-state index contributed by atoms with van der Waals surface area (Å²) >= 11 is 12.4. The molecule has 20 heavy (non-hydrogen) atoms. The van der Waals surface area contributed by atoms with E-state index in [-0.39, 0.29) is 0 Å². The van der Waals surface area contributed by atoms with E-state index >= 15 is 0 Å². The van der Waals surface area contributed by atoms with Crippen molar-refractivity contribution in [3.63, 3.8) is 0 Å². The van der Waals surface area contributed by atoms with Gasteiger partial charge in [0.15, 0.2) is 0 Å². The van der Waals surface area contributed by atoms with E-state index in [0.717, 1.165) is 22.9 Å². The summed E-state index contributed by atoms with van der Waals surface area (Å²) in [5.41, 5.74) is 1.99. The second kappa shape index (κ2) is 5.58. The van der Waals surface area contributed by atoms with E-state index in [0.29, 0.717) is 22.4 Å². The Hall–Kier alpha value is -1.32. The SMILES string of the molecule is CNc1cc(C2CC2)nc(Cc2c(Cl)cccc2Cl)n1. The normalized spacial score (nSPS) is 14.3. The highest BCUT2D eigenvalue weighted by Crippen LogP contribution is 2.39. The molecular formula is C15H15Cl2N3. The number of anilines is 1. The van der Waals surface area contributed by atoms with Crippen molar-refractivity contribution in [3.05, 3.63) is 51.4 Å². The first-order valence-corrected chi connectivity index (χ1v) is 7.41. The van der Waals surface area contributed by atoms with Crippen molar-refractivity contribution in [2.45, 2.75) is 25.2 Å². The van der Waals surface area contributed by atoms with Crippen molar-refractivity contribution in [1.82, 2.24) is 9.97 Å². The van der Waals surface area contributed by atoms with E-state index in [1.165, 1.54) is 12.8 Å². The third kappa shape index (κ3) is 2.89. The molecule has 0 atom stereocenters. The molecule has 1 saturated carbocycles. The number of rotatable bonds is 4. The highest BCUT2D eigenvalue weighted by atomic mass is 35.5. The predicted molar refractivity (Wildman–Crippen MR) is 82.8 cm³/mol. The minimum absolute atomic E-state index is 0.549. The van der Waals surface area contributed by atoms with E-state index in [1.807, 2.05) is 31.3 Å². The summed E-state index contributed by atoms with van der Waals surface area (Å²) < 4.78 is 0. The van der Waals surface area contributed by atoms with Crippen molar-refractivity contribution < 1.29 is 0 Å². The predicted octanol–water partition coefficient (Wildman–Crippen LogP) is 4.29. The van der Waals surface area contributed by atoms with Crippen molar-refractivity contribution >= 4 is 29.0 Å². The molecule has 0 radical (unpaired) electrons.